The summed E-state index contributed by atoms with van der Waals surface area (Å²) in [5.41, 5.74) is 2.72. The van der Waals surface area contributed by atoms with Crippen LogP contribution in [-0.4, -0.2) is 38.8 Å². The molecule has 0 aromatic heterocycles. The molecular weight excluding hydrogens is 437 g/mol. The first kappa shape index (κ1) is 21.3. The van der Waals surface area contributed by atoms with E-state index in [1.54, 1.807) is 0 Å². The van der Waals surface area contributed by atoms with Gasteiger partial charge in [-0.15, -0.1) is 24.0 Å². The van der Waals surface area contributed by atoms with Gasteiger partial charge in [-0.3, -0.25) is 4.99 Å². The fourth-order valence-corrected chi connectivity index (χ4v) is 2.55. The smallest absolute Gasteiger partial charge is 0.191 e. The SMILES string of the molecule is CCNC(=NCCC1=CCOCC1)NCCc1ccc(Cl)cc1.I. The zero-order valence-electron chi connectivity index (χ0n) is 14.2. The molecule has 0 saturated heterocycles. The van der Waals surface area contributed by atoms with Crippen molar-refractivity contribution in [1.82, 2.24) is 10.6 Å². The van der Waals surface area contributed by atoms with E-state index >= 15 is 0 Å². The lowest BCUT2D eigenvalue weighted by molar-refractivity contribution is 0.153. The van der Waals surface area contributed by atoms with Crippen molar-refractivity contribution in [1.29, 1.82) is 0 Å². The fourth-order valence-electron chi connectivity index (χ4n) is 2.42. The Morgan fingerprint density at radius 2 is 2.00 bits per heavy atom. The Morgan fingerprint density at radius 3 is 2.67 bits per heavy atom. The van der Waals surface area contributed by atoms with Crippen LogP contribution in [0.5, 0.6) is 0 Å². The molecule has 0 atom stereocenters. The van der Waals surface area contributed by atoms with Crippen LogP contribution < -0.4 is 10.6 Å². The van der Waals surface area contributed by atoms with Crippen molar-refractivity contribution in [2.45, 2.75) is 26.2 Å². The van der Waals surface area contributed by atoms with Crippen molar-refractivity contribution in [3.05, 3.63) is 46.5 Å². The van der Waals surface area contributed by atoms with Gasteiger partial charge in [0.05, 0.1) is 13.2 Å². The summed E-state index contributed by atoms with van der Waals surface area (Å²) in [6.07, 6.45) is 5.18. The van der Waals surface area contributed by atoms with Gasteiger partial charge in [0.25, 0.3) is 0 Å². The Kier molecular flexibility index (Phi) is 11.1. The van der Waals surface area contributed by atoms with Crippen LogP contribution in [0.25, 0.3) is 0 Å². The Hall–Kier alpha value is -0.790. The number of nitrogens with one attached hydrogen (secondary N) is 2. The predicted molar refractivity (Wildman–Crippen MR) is 113 cm³/mol. The van der Waals surface area contributed by atoms with Crippen LogP contribution in [0.1, 0.15) is 25.3 Å². The lowest BCUT2D eigenvalue weighted by Gasteiger charge is -2.14. The van der Waals surface area contributed by atoms with Gasteiger partial charge in [0.15, 0.2) is 5.96 Å². The number of hydrogen-bond donors (Lipinski definition) is 2. The molecule has 0 radical (unpaired) electrons. The van der Waals surface area contributed by atoms with E-state index in [9.17, 15) is 0 Å². The highest BCUT2D eigenvalue weighted by Crippen LogP contribution is 2.11. The second kappa shape index (κ2) is 12.6. The van der Waals surface area contributed by atoms with Crippen LogP contribution in [0, 0.1) is 0 Å². The highest BCUT2D eigenvalue weighted by atomic mass is 127. The minimum absolute atomic E-state index is 0. The summed E-state index contributed by atoms with van der Waals surface area (Å²) in [5, 5.41) is 7.45. The van der Waals surface area contributed by atoms with E-state index in [-0.39, 0.29) is 24.0 Å². The molecule has 2 N–H and O–H groups in total. The quantitative estimate of drug-likeness (QED) is 0.280. The zero-order valence-corrected chi connectivity index (χ0v) is 17.3. The average Bonchev–Trinajstić information content (AvgIpc) is 2.58. The van der Waals surface area contributed by atoms with Gasteiger partial charge < -0.3 is 15.4 Å². The Morgan fingerprint density at radius 1 is 1.21 bits per heavy atom. The molecule has 24 heavy (non-hydrogen) atoms. The lowest BCUT2D eigenvalue weighted by Crippen LogP contribution is -2.38. The first-order chi connectivity index (χ1) is 11.3. The van der Waals surface area contributed by atoms with Gasteiger partial charge in [-0.1, -0.05) is 35.4 Å². The van der Waals surface area contributed by atoms with Gasteiger partial charge in [0.2, 0.25) is 0 Å². The largest absolute Gasteiger partial charge is 0.377 e. The maximum absolute atomic E-state index is 5.90. The Balaban J connectivity index is 0.00000288. The molecular formula is C18H27ClIN3O. The molecule has 1 aliphatic heterocycles. The molecule has 0 unspecified atom stereocenters. The van der Waals surface area contributed by atoms with E-state index in [4.69, 9.17) is 16.3 Å². The first-order valence-electron chi connectivity index (χ1n) is 8.30. The molecule has 0 fully saturated rings. The third-order valence-corrected chi connectivity index (χ3v) is 3.98. The van der Waals surface area contributed by atoms with Crippen LogP contribution in [0.15, 0.2) is 40.9 Å². The molecule has 4 nitrogen and oxygen atoms in total. The number of guanidine groups is 1. The standard InChI is InChI=1S/C18H26ClN3O.HI/c1-2-20-18(22-12-8-16-9-13-23-14-10-16)21-11-7-15-3-5-17(19)6-4-15;/h3-6,9H,2,7-8,10-14H2,1H3,(H2,20,21,22);1H. The molecule has 1 heterocycles. The number of rotatable bonds is 7. The molecule has 0 spiro atoms. The van der Waals surface area contributed by atoms with Crippen molar-refractivity contribution >= 4 is 41.5 Å². The van der Waals surface area contributed by atoms with Gasteiger partial charge in [-0.2, -0.15) is 0 Å². The minimum atomic E-state index is 0. The summed E-state index contributed by atoms with van der Waals surface area (Å²) in [6, 6.07) is 7.98. The molecule has 0 amide bonds. The number of nitrogens with zero attached hydrogens (tertiary/aromatic N) is 1. The maximum Gasteiger partial charge on any atom is 0.191 e. The van der Waals surface area contributed by atoms with E-state index in [1.165, 1.54) is 11.1 Å². The Bertz CT molecular complexity index is 532. The van der Waals surface area contributed by atoms with Crippen molar-refractivity contribution in [2.75, 3.05) is 32.8 Å². The topological polar surface area (TPSA) is 45.7 Å². The number of aliphatic imine (C=N–C) groups is 1. The summed E-state index contributed by atoms with van der Waals surface area (Å²) in [5.74, 6) is 0.883. The van der Waals surface area contributed by atoms with Crippen LogP contribution in [0.4, 0.5) is 0 Å². The van der Waals surface area contributed by atoms with E-state index in [2.05, 4.69) is 40.8 Å². The summed E-state index contributed by atoms with van der Waals surface area (Å²) >= 11 is 5.90. The molecule has 2 rings (SSSR count). The van der Waals surface area contributed by atoms with Gasteiger partial charge >= 0.3 is 0 Å². The number of halogens is 2. The van der Waals surface area contributed by atoms with E-state index in [0.29, 0.717) is 0 Å². The lowest BCUT2D eigenvalue weighted by atomic mass is 10.1. The Labute approximate surface area is 167 Å². The van der Waals surface area contributed by atoms with Crippen molar-refractivity contribution in [2.24, 2.45) is 4.99 Å². The van der Waals surface area contributed by atoms with Gasteiger partial charge in [0, 0.05) is 24.7 Å². The zero-order chi connectivity index (χ0) is 16.3. The van der Waals surface area contributed by atoms with E-state index in [0.717, 1.165) is 63.1 Å². The van der Waals surface area contributed by atoms with Crippen molar-refractivity contribution < 1.29 is 4.74 Å². The maximum atomic E-state index is 5.90. The van der Waals surface area contributed by atoms with E-state index < -0.39 is 0 Å². The third kappa shape index (κ3) is 8.35. The van der Waals surface area contributed by atoms with Crippen molar-refractivity contribution in [3.63, 3.8) is 0 Å². The first-order valence-corrected chi connectivity index (χ1v) is 8.68. The molecule has 134 valence electrons. The van der Waals surface area contributed by atoms with Gasteiger partial charge in [-0.05, 0) is 43.9 Å². The van der Waals surface area contributed by atoms with Crippen LogP contribution in [-0.2, 0) is 11.2 Å². The number of ether oxygens (including phenoxy) is 1. The highest BCUT2D eigenvalue weighted by Gasteiger charge is 2.03. The molecule has 0 bridgehead atoms. The molecule has 6 heteroatoms. The number of benzene rings is 1. The molecule has 0 saturated carbocycles. The molecule has 0 aliphatic carbocycles. The molecule has 1 aromatic carbocycles. The second-order valence-electron chi connectivity index (χ2n) is 5.50. The highest BCUT2D eigenvalue weighted by molar-refractivity contribution is 14.0. The number of hydrogen-bond acceptors (Lipinski definition) is 2. The summed E-state index contributed by atoms with van der Waals surface area (Å²) in [4.78, 5) is 4.64. The van der Waals surface area contributed by atoms with Gasteiger partial charge in [0.1, 0.15) is 0 Å². The fraction of sp³-hybridized carbons (Fsp3) is 0.500. The van der Waals surface area contributed by atoms with Crippen LogP contribution in [0.3, 0.4) is 0 Å². The second-order valence-corrected chi connectivity index (χ2v) is 5.94. The molecule has 1 aliphatic rings. The van der Waals surface area contributed by atoms with E-state index in [1.807, 2.05) is 12.1 Å². The average molecular weight is 464 g/mol. The third-order valence-electron chi connectivity index (χ3n) is 3.72. The summed E-state index contributed by atoms with van der Waals surface area (Å²) in [6.45, 7) is 6.19. The van der Waals surface area contributed by atoms with Crippen molar-refractivity contribution in [3.8, 4) is 0 Å². The van der Waals surface area contributed by atoms with Gasteiger partial charge in [-0.25, -0.2) is 0 Å². The monoisotopic (exact) mass is 463 g/mol. The summed E-state index contributed by atoms with van der Waals surface area (Å²) < 4.78 is 5.32. The summed E-state index contributed by atoms with van der Waals surface area (Å²) in [7, 11) is 0. The minimum Gasteiger partial charge on any atom is -0.377 e. The normalized spacial score (nSPS) is 14.6. The predicted octanol–water partition coefficient (Wildman–Crippen LogP) is 3.79. The molecule has 1 aromatic rings. The van der Waals surface area contributed by atoms with Crippen LogP contribution >= 0.6 is 35.6 Å². The van der Waals surface area contributed by atoms with Crippen LogP contribution in [0.2, 0.25) is 5.02 Å².